The molecule has 6 heteroatoms. The maximum Gasteiger partial charge on any atom is 0.288 e. The van der Waals surface area contributed by atoms with Crippen molar-refractivity contribution in [3.05, 3.63) is 38.9 Å². The van der Waals surface area contributed by atoms with E-state index in [2.05, 4.69) is 19.2 Å². The Balaban J connectivity index is 2.21. The van der Waals surface area contributed by atoms with Gasteiger partial charge < -0.3 is 5.32 Å². The number of nitro benzene ring substituents is 1. The highest BCUT2D eigenvalue weighted by Crippen LogP contribution is 2.36. The second-order valence-corrected chi connectivity index (χ2v) is 6.53. The van der Waals surface area contributed by atoms with E-state index in [-0.39, 0.29) is 33.6 Å². The van der Waals surface area contributed by atoms with Crippen molar-refractivity contribution in [3.8, 4) is 0 Å². The van der Waals surface area contributed by atoms with Gasteiger partial charge in [-0.25, -0.2) is 0 Å². The van der Waals surface area contributed by atoms with E-state index in [0.717, 1.165) is 25.7 Å². The first-order chi connectivity index (χ1) is 9.83. The van der Waals surface area contributed by atoms with Gasteiger partial charge in [0.25, 0.3) is 11.6 Å². The van der Waals surface area contributed by atoms with Crippen LogP contribution in [0.3, 0.4) is 0 Å². The van der Waals surface area contributed by atoms with E-state index in [9.17, 15) is 14.9 Å². The van der Waals surface area contributed by atoms with Crippen LogP contribution < -0.4 is 5.32 Å². The van der Waals surface area contributed by atoms with Gasteiger partial charge in [-0.2, -0.15) is 0 Å². The fourth-order valence-corrected chi connectivity index (χ4v) is 3.11. The van der Waals surface area contributed by atoms with Gasteiger partial charge in [-0.05, 0) is 24.3 Å². The van der Waals surface area contributed by atoms with Crippen LogP contribution in [0.2, 0.25) is 5.02 Å². The van der Waals surface area contributed by atoms with E-state index in [1.165, 1.54) is 18.2 Å². The van der Waals surface area contributed by atoms with Crippen LogP contribution in [0.5, 0.6) is 0 Å². The maximum atomic E-state index is 12.4. The molecule has 1 aliphatic carbocycles. The predicted molar refractivity (Wildman–Crippen MR) is 81.6 cm³/mol. The number of rotatable bonds is 3. The Hall–Kier alpha value is -1.62. The lowest BCUT2D eigenvalue weighted by atomic mass is 9.73. The van der Waals surface area contributed by atoms with Crippen molar-refractivity contribution in [2.24, 2.45) is 5.41 Å². The summed E-state index contributed by atoms with van der Waals surface area (Å²) >= 11 is 5.98. The van der Waals surface area contributed by atoms with Crippen LogP contribution in [-0.4, -0.2) is 16.9 Å². The molecular formula is C15H19ClN2O3. The quantitative estimate of drug-likeness (QED) is 0.678. The highest BCUT2D eigenvalue weighted by Gasteiger charge is 2.34. The van der Waals surface area contributed by atoms with E-state index >= 15 is 0 Å². The summed E-state index contributed by atoms with van der Waals surface area (Å²) in [7, 11) is 0. The summed E-state index contributed by atoms with van der Waals surface area (Å²) in [5, 5.41) is 13.8. The van der Waals surface area contributed by atoms with Crippen molar-refractivity contribution < 1.29 is 9.72 Å². The molecule has 0 aromatic heterocycles. The highest BCUT2D eigenvalue weighted by molar-refractivity contribution is 6.35. The fraction of sp³-hybridized carbons (Fsp3) is 0.533. The van der Waals surface area contributed by atoms with Gasteiger partial charge in [0, 0.05) is 12.1 Å². The third kappa shape index (κ3) is 3.35. The fourth-order valence-electron chi connectivity index (χ4n) is 2.83. The molecule has 0 saturated heterocycles. The molecule has 1 saturated carbocycles. The molecule has 0 radical (unpaired) electrons. The summed E-state index contributed by atoms with van der Waals surface area (Å²) < 4.78 is 0. The molecular weight excluding hydrogens is 292 g/mol. The topological polar surface area (TPSA) is 72.2 Å². The highest BCUT2D eigenvalue weighted by atomic mass is 35.5. The zero-order valence-corrected chi connectivity index (χ0v) is 12.9. The number of nitro groups is 1. The molecule has 1 aromatic carbocycles. The molecule has 5 nitrogen and oxygen atoms in total. The van der Waals surface area contributed by atoms with Crippen LogP contribution in [0.4, 0.5) is 5.69 Å². The Morgan fingerprint density at radius 1 is 1.43 bits per heavy atom. The number of benzene rings is 1. The zero-order valence-electron chi connectivity index (χ0n) is 12.2. The lowest BCUT2D eigenvalue weighted by Crippen LogP contribution is -2.46. The molecule has 1 atom stereocenters. The zero-order chi connectivity index (χ0) is 15.6. The average molecular weight is 311 g/mol. The first-order valence-corrected chi connectivity index (χ1v) is 7.44. The number of amides is 1. The Morgan fingerprint density at radius 3 is 2.76 bits per heavy atom. The van der Waals surface area contributed by atoms with E-state index in [4.69, 9.17) is 11.6 Å². The molecule has 0 spiro atoms. The first-order valence-electron chi connectivity index (χ1n) is 7.07. The molecule has 114 valence electrons. The van der Waals surface area contributed by atoms with E-state index in [0.29, 0.717) is 0 Å². The summed E-state index contributed by atoms with van der Waals surface area (Å²) in [6.45, 7) is 4.26. The minimum absolute atomic E-state index is 0.0289. The Bertz CT molecular complexity index is 572. The number of nitrogens with one attached hydrogen (secondary N) is 1. The molecule has 1 fully saturated rings. The van der Waals surface area contributed by atoms with Gasteiger partial charge in [0.05, 0.1) is 10.5 Å². The third-order valence-electron chi connectivity index (χ3n) is 4.23. The van der Waals surface area contributed by atoms with Gasteiger partial charge in [-0.3, -0.25) is 14.9 Å². The van der Waals surface area contributed by atoms with Crippen LogP contribution >= 0.6 is 11.6 Å². The molecule has 1 aliphatic rings. The number of hydrogen-bond donors (Lipinski definition) is 1. The first kappa shape index (κ1) is 15.8. The lowest BCUT2D eigenvalue weighted by Gasteiger charge is -2.39. The summed E-state index contributed by atoms with van der Waals surface area (Å²) in [4.78, 5) is 22.7. The van der Waals surface area contributed by atoms with Crippen molar-refractivity contribution in [2.45, 2.75) is 45.6 Å². The minimum atomic E-state index is -0.580. The van der Waals surface area contributed by atoms with Crippen molar-refractivity contribution in [2.75, 3.05) is 0 Å². The average Bonchev–Trinajstić information content (AvgIpc) is 2.40. The molecule has 2 rings (SSSR count). The monoisotopic (exact) mass is 310 g/mol. The van der Waals surface area contributed by atoms with Crippen molar-refractivity contribution in [3.63, 3.8) is 0 Å². The minimum Gasteiger partial charge on any atom is -0.349 e. The number of carbonyl (C=O) groups is 1. The lowest BCUT2D eigenvalue weighted by molar-refractivity contribution is -0.384. The van der Waals surface area contributed by atoms with Crippen LogP contribution in [0.25, 0.3) is 0 Å². The summed E-state index contributed by atoms with van der Waals surface area (Å²) in [6, 6.07) is 4.35. The van der Waals surface area contributed by atoms with E-state index in [1.54, 1.807) is 0 Å². The molecule has 1 amide bonds. The number of carbonyl (C=O) groups excluding carboxylic acids is 1. The SMILES string of the molecule is CC1(C)CCCCC1NC(=O)c1cccc([N+](=O)[O-])c1Cl. The Morgan fingerprint density at radius 2 is 2.14 bits per heavy atom. The van der Waals surface area contributed by atoms with Crippen molar-refractivity contribution in [1.82, 2.24) is 5.32 Å². The molecule has 0 heterocycles. The standard InChI is InChI=1S/C15H19ClN2O3/c1-15(2)9-4-3-8-12(15)17-14(19)10-6-5-7-11(13(10)16)18(20)21/h5-7,12H,3-4,8-9H2,1-2H3,(H,17,19). The van der Waals surface area contributed by atoms with Gasteiger partial charge in [-0.1, -0.05) is 44.4 Å². The van der Waals surface area contributed by atoms with Crippen molar-refractivity contribution >= 4 is 23.2 Å². The maximum absolute atomic E-state index is 12.4. The summed E-state index contributed by atoms with van der Waals surface area (Å²) in [5.41, 5.74) is -0.0550. The third-order valence-corrected chi connectivity index (χ3v) is 4.63. The van der Waals surface area contributed by atoms with Crippen LogP contribution in [0.1, 0.15) is 49.9 Å². The van der Waals surface area contributed by atoms with E-state index in [1.807, 2.05) is 0 Å². The van der Waals surface area contributed by atoms with Gasteiger partial charge in [0.1, 0.15) is 5.02 Å². The molecule has 1 aromatic rings. The number of nitrogens with zero attached hydrogens (tertiary/aromatic N) is 1. The van der Waals surface area contributed by atoms with Crippen LogP contribution in [0.15, 0.2) is 18.2 Å². The largest absolute Gasteiger partial charge is 0.349 e. The van der Waals surface area contributed by atoms with Crippen LogP contribution in [-0.2, 0) is 0 Å². The van der Waals surface area contributed by atoms with Crippen LogP contribution in [0, 0.1) is 15.5 Å². The number of halogens is 1. The second-order valence-electron chi connectivity index (χ2n) is 6.16. The smallest absolute Gasteiger partial charge is 0.288 e. The van der Waals surface area contributed by atoms with Gasteiger partial charge >= 0.3 is 0 Å². The van der Waals surface area contributed by atoms with E-state index < -0.39 is 4.92 Å². The van der Waals surface area contributed by atoms with Gasteiger partial charge in [0.15, 0.2) is 0 Å². The second kappa shape index (κ2) is 6.02. The normalized spacial score (nSPS) is 20.8. The molecule has 0 bridgehead atoms. The predicted octanol–water partition coefficient (Wildman–Crippen LogP) is 3.95. The Kier molecular flexibility index (Phi) is 4.52. The van der Waals surface area contributed by atoms with Gasteiger partial charge in [0.2, 0.25) is 0 Å². The van der Waals surface area contributed by atoms with Gasteiger partial charge in [-0.15, -0.1) is 0 Å². The molecule has 0 aliphatic heterocycles. The molecule has 1 unspecified atom stereocenters. The molecule has 1 N–H and O–H groups in total. The number of hydrogen-bond acceptors (Lipinski definition) is 3. The summed E-state index contributed by atoms with van der Waals surface area (Å²) in [5.74, 6) is -0.344. The van der Waals surface area contributed by atoms with Crippen molar-refractivity contribution in [1.29, 1.82) is 0 Å². The summed E-state index contributed by atoms with van der Waals surface area (Å²) in [6.07, 6.45) is 4.22. The Labute approximate surface area is 128 Å². The molecule has 21 heavy (non-hydrogen) atoms.